The van der Waals surface area contributed by atoms with Gasteiger partial charge in [-0.25, -0.2) is 4.79 Å². The van der Waals surface area contributed by atoms with Crippen LogP contribution in [0.15, 0.2) is 0 Å². The van der Waals surface area contributed by atoms with Crippen LogP contribution in [0.4, 0.5) is 4.79 Å². The topological polar surface area (TPSA) is 58.6 Å². The maximum atomic E-state index is 11.6. The molecule has 2 aliphatic heterocycles. The van der Waals surface area contributed by atoms with Crippen LogP contribution in [0.25, 0.3) is 0 Å². The highest BCUT2D eigenvalue weighted by atomic mass is 16.5. The third kappa shape index (κ3) is 1.42. The molecule has 0 aromatic carbocycles. The second-order valence-electron chi connectivity index (χ2n) is 4.84. The number of ether oxygens (including phenoxy) is 1. The molecule has 0 bridgehead atoms. The van der Waals surface area contributed by atoms with E-state index in [0.717, 1.165) is 12.8 Å². The summed E-state index contributed by atoms with van der Waals surface area (Å²) in [5, 5.41) is 2.36. The van der Waals surface area contributed by atoms with Gasteiger partial charge in [0.2, 0.25) is 0 Å². The fourth-order valence-electron chi connectivity index (χ4n) is 3.02. The van der Waals surface area contributed by atoms with E-state index in [9.17, 15) is 9.59 Å². The van der Waals surface area contributed by atoms with Crippen molar-refractivity contribution in [1.29, 1.82) is 0 Å². The van der Waals surface area contributed by atoms with Gasteiger partial charge >= 0.3 is 6.03 Å². The van der Waals surface area contributed by atoms with Gasteiger partial charge in [-0.1, -0.05) is 19.3 Å². The zero-order chi connectivity index (χ0) is 11.1. The van der Waals surface area contributed by atoms with Crippen LogP contribution < -0.4 is 5.32 Å². The number of hydrogen-bond donors (Lipinski definition) is 1. The first-order chi connectivity index (χ1) is 7.77. The zero-order valence-electron chi connectivity index (χ0n) is 9.15. The molecule has 3 aliphatic rings. The van der Waals surface area contributed by atoms with E-state index < -0.39 is 0 Å². The van der Waals surface area contributed by atoms with Gasteiger partial charge in [-0.3, -0.25) is 15.0 Å². The standard InChI is InChI=1S/C11H16N2O3/c14-9-8-6-16-10(13(8)11(15)12-9)7-4-2-1-3-5-7/h7-8,10H,1-6H2,(H,12,14,15)/t8-,10?/m1/s1. The Morgan fingerprint density at radius 1 is 1.19 bits per heavy atom. The molecule has 0 aromatic rings. The van der Waals surface area contributed by atoms with Gasteiger partial charge in [0.15, 0.2) is 0 Å². The van der Waals surface area contributed by atoms with Crippen molar-refractivity contribution in [1.82, 2.24) is 10.2 Å². The minimum Gasteiger partial charge on any atom is -0.355 e. The summed E-state index contributed by atoms with van der Waals surface area (Å²) in [6.45, 7) is 0.360. The summed E-state index contributed by atoms with van der Waals surface area (Å²) in [6.07, 6.45) is 5.73. The predicted molar refractivity (Wildman–Crippen MR) is 55.5 cm³/mol. The first-order valence-corrected chi connectivity index (χ1v) is 6.02. The predicted octanol–water partition coefficient (Wildman–Crippen LogP) is 0.843. The first-order valence-electron chi connectivity index (χ1n) is 6.02. The van der Waals surface area contributed by atoms with Crippen molar-refractivity contribution < 1.29 is 14.3 Å². The van der Waals surface area contributed by atoms with E-state index in [4.69, 9.17) is 4.74 Å². The number of fused-ring (bicyclic) bond motifs is 1. The second kappa shape index (κ2) is 3.73. The SMILES string of the molecule is O=C1NC(=O)N2C(C3CCCCC3)OC[C@H]12. The van der Waals surface area contributed by atoms with Crippen molar-refractivity contribution in [3.05, 3.63) is 0 Å². The minimum atomic E-state index is -0.376. The molecule has 88 valence electrons. The molecule has 3 rings (SSSR count). The Kier molecular flexibility index (Phi) is 2.35. The van der Waals surface area contributed by atoms with Crippen molar-refractivity contribution in [3.8, 4) is 0 Å². The summed E-state index contributed by atoms with van der Waals surface area (Å²) in [4.78, 5) is 24.7. The van der Waals surface area contributed by atoms with E-state index in [1.54, 1.807) is 4.90 Å². The fourth-order valence-corrected chi connectivity index (χ4v) is 3.02. The molecular formula is C11H16N2O3. The van der Waals surface area contributed by atoms with Gasteiger partial charge in [0, 0.05) is 5.92 Å². The van der Waals surface area contributed by atoms with Gasteiger partial charge < -0.3 is 4.74 Å². The minimum absolute atomic E-state index is 0.170. The largest absolute Gasteiger partial charge is 0.355 e. The van der Waals surface area contributed by atoms with Crippen LogP contribution in [-0.4, -0.2) is 35.7 Å². The molecule has 3 amide bonds. The number of carbonyl (C=O) groups excluding carboxylic acids is 2. The molecule has 16 heavy (non-hydrogen) atoms. The number of imide groups is 1. The summed E-state index contributed by atoms with van der Waals surface area (Å²) in [5.41, 5.74) is 0. The molecule has 0 aromatic heterocycles. The van der Waals surface area contributed by atoms with Gasteiger partial charge in [-0.05, 0) is 12.8 Å². The van der Waals surface area contributed by atoms with Crippen LogP contribution >= 0.6 is 0 Å². The van der Waals surface area contributed by atoms with Crippen LogP contribution in [0.5, 0.6) is 0 Å². The van der Waals surface area contributed by atoms with E-state index in [2.05, 4.69) is 5.32 Å². The van der Waals surface area contributed by atoms with Crippen LogP contribution in [0, 0.1) is 5.92 Å². The lowest BCUT2D eigenvalue weighted by Crippen LogP contribution is -2.42. The van der Waals surface area contributed by atoms with Crippen LogP contribution in [0.1, 0.15) is 32.1 Å². The maximum Gasteiger partial charge on any atom is 0.326 e. The Morgan fingerprint density at radius 3 is 2.69 bits per heavy atom. The highest BCUT2D eigenvalue weighted by Crippen LogP contribution is 2.34. The zero-order valence-corrected chi connectivity index (χ0v) is 9.15. The molecule has 2 saturated heterocycles. The van der Waals surface area contributed by atoms with Crippen molar-refractivity contribution in [2.45, 2.75) is 44.4 Å². The Hall–Kier alpha value is -1.10. The smallest absolute Gasteiger partial charge is 0.326 e. The van der Waals surface area contributed by atoms with E-state index in [1.165, 1.54) is 19.3 Å². The third-order valence-electron chi connectivity index (χ3n) is 3.86. The lowest BCUT2D eigenvalue weighted by molar-refractivity contribution is -0.120. The molecule has 0 spiro atoms. The second-order valence-corrected chi connectivity index (χ2v) is 4.84. The van der Waals surface area contributed by atoms with Gasteiger partial charge in [-0.2, -0.15) is 0 Å². The molecule has 5 heteroatoms. The normalized spacial score (nSPS) is 35.4. The number of rotatable bonds is 1. The van der Waals surface area contributed by atoms with Gasteiger partial charge in [0.25, 0.3) is 5.91 Å². The molecular weight excluding hydrogens is 208 g/mol. The highest BCUT2D eigenvalue weighted by Gasteiger charge is 2.50. The van der Waals surface area contributed by atoms with Crippen molar-refractivity contribution in [2.24, 2.45) is 5.92 Å². The van der Waals surface area contributed by atoms with Crippen molar-refractivity contribution in [2.75, 3.05) is 6.61 Å². The van der Waals surface area contributed by atoms with Crippen molar-refractivity contribution in [3.63, 3.8) is 0 Å². The third-order valence-corrected chi connectivity index (χ3v) is 3.86. The van der Waals surface area contributed by atoms with E-state index in [0.29, 0.717) is 12.5 Å². The van der Waals surface area contributed by atoms with E-state index >= 15 is 0 Å². The van der Waals surface area contributed by atoms with E-state index in [1.807, 2.05) is 0 Å². The first kappa shape index (κ1) is 10.1. The number of urea groups is 1. The van der Waals surface area contributed by atoms with Gasteiger partial charge in [0.1, 0.15) is 12.3 Å². The molecule has 1 aliphatic carbocycles. The van der Waals surface area contributed by atoms with Crippen LogP contribution in [0.2, 0.25) is 0 Å². The summed E-state index contributed by atoms with van der Waals surface area (Å²) < 4.78 is 5.64. The number of amides is 3. The summed E-state index contributed by atoms with van der Waals surface area (Å²) in [6, 6.07) is -0.650. The number of carbonyl (C=O) groups is 2. The lowest BCUT2D eigenvalue weighted by Gasteiger charge is -2.31. The molecule has 2 heterocycles. The molecule has 1 unspecified atom stereocenters. The summed E-state index contributed by atoms with van der Waals surface area (Å²) >= 11 is 0. The highest BCUT2D eigenvalue weighted by molar-refractivity contribution is 6.04. The molecule has 1 saturated carbocycles. The molecule has 2 atom stereocenters. The molecule has 5 nitrogen and oxygen atoms in total. The van der Waals surface area contributed by atoms with Crippen molar-refractivity contribution >= 4 is 11.9 Å². The Balaban J connectivity index is 1.77. The summed E-state index contributed by atoms with van der Waals surface area (Å²) in [7, 11) is 0. The number of nitrogens with one attached hydrogen (secondary N) is 1. The van der Waals surface area contributed by atoms with Crippen LogP contribution in [0.3, 0.4) is 0 Å². The Bertz CT molecular complexity index is 325. The van der Waals surface area contributed by atoms with Gasteiger partial charge in [-0.15, -0.1) is 0 Å². The number of nitrogens with zero attached hydrogens (tertiary/aromatic N) is 1. The Morgan fingerprint density at radius 2 is 1.94 bits per heavy atom. The molecule has 1 N–H and O–H groups in total. The van der Waals surface area contributed by atoms with Gasteiger partial charge in [0.05, 0.1) is 6.61 Å². The summed E-state index contributed by atoms with van der Waals surface area (Å²) in [5.74, 6) is 0.207. The average molecular weight is 224 g/mol. The average Bonchev–Trinajstić information content (AvgIpc) is 2.84. The quantitative estimate of drug-likeness (QED) is 0.671. The fraction of sp³-hybridized carbons (Fsp3) is 0.818. The molecule has 3 fully saturated rings. The maximum absolute atomic E-state index is 11.6. The monoisotopic (exact) mass is 224 g/mol. The lowest BCUT2D eigenvalue weighted by atomic mass is 9.87. The molecule has 0 radical (unpaired) electrons. The Labute approximate surface area is 94.1 Å². The van der Waals surface area contributed by atoms with E-state index in [-0.39, 0.29) is 24.2 Å². The van der Waals surface area contributed by atoms with Crippen LogP contribution in [-0.2, 0) is 9.53 Å². The number of hydrogen-bond acceptors (Lipinski definition) is 3.